The summed E-state index contributed by atoms with van der Waals surface area (Å²) in [6, 6.07) is 10.8. The van der Waals surface area contributed by atoms with Gasteiger partial charge >= 0.3 is 0 Å². The van der Waals surface area contributed by atoms with Crippen LogP contribution in [-0.4, -0.2) is 13.1 Å². The predicted molar refractivity (Wildman–Crippen MR) is 55.9 cm³/mol. The van der Waals surface area contributed by atoms with Crippen LogP contribution in [0.15, 0.2) is 24.3 Å². The Bertz CT molecular complexity index is 365. The number of rotatable bonds is 1. The molecule has 1 heterocycles. The van der Waals surface area contributed by atoms with E-state index in [-0.39, 0.29) is 5.92 Å². The van der Waals surface area contributed by atoms with Crippen LogP contribution in [0.25, 0.3) is 0 Å². The molecule has 1 aromatic rings. The molecule has 1 aliphatic heterocycles. The van der Waals surface area contributed by atoms with Crippen molar-refractivity contribution in [3.63, 3.8) is 0 Å². The number of hydrogen-bond donors (Lipinski definition) is 1. The highest BCUT2D eigenvalue weighted by molar-refractivity contribution is 5.28. The maximum atomic E-state index is 8.98. The molecule has 1 aromatic carbocycles. The number of benzene rings is 1. The van der Waals surface area contributed by atoms with Gasteiger partial charge < -0.3 is 5.32 Å². The Balaban J connectivity index is 2.27. The van der Waals surface area contributed by atoms with Crippen molar-refractivity contribution in [3.8, 4) is 6.07 Å². The van der Waals surface area contributed by atoms with Crippen molar-refractivity contribution in [3.05, 3.63) is 35.4 Å². The number of hydrogen-bond acceptors (Lipinski definition) is 2. The number of nitrogens with one attached hydrogen (secondary N) is 1. The maximum Gasteiger partial charge on any atom is 0.0676 e. The van der Waals surface area contributed by atoms with Gasteiger partial charge in [-0.1, -0.05) is 29.8 Å². The molecular formula is C12H14N2. The summed E-state index contributed by atoms with van der Waals surface area (Å²) in [6.07, 6.45) is 0. The van der Waals surface area contributed by atoms with E-state index in [2.05, 4.69) is 42.6 Å². The first-order valence-electron chi connectivity index (χ1n) is 4.98. The minimum Gasteiger partial charge on any atom is -0.315 e. The van der Waals surface area contributed by atoms with Gasteiger partial charge in [-0.3, -0.25) is 0 Å². The van der Waals surface area contributed by atoms with Gasteiger partial charge in [-0.25, -0.2) is 0 Å². The molecule has 2 heteroatoms. The molecule has 2 atom stereocenters. The van der Waals surface area contributed by atoms with Crippen LogP contribution in [0.3, 0.4) is 0 Å². The van der Waals surface area contributed by atoms with Gasteiger partial charge in [0.25, 0.3) is 0 Å². The van der Waals surface area contributed by atoms with E-state index in [1.54, 1.807) is 0 Å². The van der Waals surface area contributed by atoms with Gasteiger partial charge in [-0.2, -0.15) is 5.26 Å². The summed E-state index contributed by atoms with van der Waals surface area (Å²) < 4.78 is 0. The Kier molecular flexibility index (Phi) is 2.51. The summed E-state index contributed by atoms with van der Waals surface area (Å²) in [4.78, 5) is 0. The molecule has 14 heavy (non-hydrogen) atoms. The van der Waals surface area contributed by atoms with Crippen molar-refractivity contribution in [2.24, 2.45) is 5.92 Å². The van der Waals surface area contributed by atoms with Gasteiger partial charge in [0.05, 0.1) is 12.0 Å². The molecule has 1 aliphatic rings. The van der Waals surface area contributed by atoms with Gasteiger partial charge in [0.1, 0.15) is 0 Å². The third-order valence-corrected chi connectivity index (χ3v) is 2.85. The van der Waals surface area contributed by atoms with Crippen molar-refractivity contribution in [2.45, 2.75) is 12.8 Å². The molecule has 72 valence electrons. The standard InChI is InChI=1S/C12H14N2/c1-9-3-2-4-10(5-9)12-8-14-7-11(12)6-13/h2-5,11-12,14H,7-8H2,1H3. The van der Waals surface area contributed by atoms with E-state index >= 15 is 0 Å². The minimum absolute atomic E-state index is 0.136. The molecule has 1 saturated heterocycles. The molecule has 0 aromatic heterocycles. The fourth-order valence-corrected chi connectivity index (χ4v) is 2.07. The Morgan fingerprint density at radius 3 is 3.00 bits per heavy atom. The van der Waals surface area contributed by atoms with E-state index in [0.29, 0.717) is 5.92 Å². The quantitative estimate of drug-likeness (QED) is 0.726. The summed E-state index contributed by atoms with van der Waals surface area (Å²) in [5, 5.41) is 12.2. The van der Waals surface area contributed by atoms with Crippen molar-refractivity contribution < 1.29 is 0 Å². The van der Waals surface area contributed by atoms with Crippen LogP contribution in [-0.2, 0) is 0 Å². The zero-order valence-corrected chi connectivity index (χ0v) is 8.33. The SMILES string of the molecule is Cc1cccc(C2CNCC2C#N)c1. The normalized spacial score (nSPS) is 26.0. The molecule has 2 nitrogen and oxygen atoms in total. The summed E-state index contributed by atoms with van der Waals surface area (Å²) >= 11 is 0. The lowest BCUT2D eigenvalue weighted by Gasteiger charge is -2.12. The van der Waals surface area contributed by atoms with Crippen molar-refractivity contribution in [2.75, 3.05) is 13.1 Å². The maximum absolute atomic E-state index is 8.98. The van der Waals surface area contributed by atoms with Crippen LogP contribution < -0.4 is 5.32 Å². The average Bonchev–Trinajstić information content (AvgIpc) is 2.65. The third-order valence-electron chi connectivity index (χ3n) is 2.85. The van der Waals surface area contributed by atoms with Crippen LogP contribution in [0.1, 0.15) is 17.0 Å². The molecular weight excluding hydrogens is 172 g/mol. The average molecular weight is 186 g/mol. The van der Waals surface area contributed by atoms with Crippen LogP contribution >= 0.6 is 0 Å². The molecule has 2 unspecified atom stereocenters. The molecule has 2 rings (SSSR count). The lowest BCUT2D eigenvalue weighted by atomic mass is 9.89. The summed E-state index contributed by atoms with van der Waals surface area (Å²) in [7, 11) is 0. The first kappa shape index (κ1) is 9.23. The molecule has 0 spiro atoms. The fraction of sp³-hybridized carbons (Fsp3) is 0.417. The lowest BCUT2D eigenvalue weighted by molar-refractivity contribution is 0.646. The largest absolute Gasteiger partial charge is 0.315 e. The Hall–Kier alpha value is -1.33. The topological polar surface area (TPSA) is 35.8 Å². The smallest absolute Gasteiger partial charge is 0.0676 e. The highest BCUT2D eigenvalue weighted by atomic mass is 14.9. The predicted octanol–water partition coefficient (Wildman–Crippen LogP) is 1.82. The van der Waals surface area contributed by atoms with E-state index in [1.807, 2.05) is 0 Å². The second-order valence-corrected chi connectivity index (χ2v) is 3.91. The molecule has 1 fully saturated rings. The van der Waals surface area contributed by atoms with E-state index < -0.39 is 0 Å². The van der Waals surface area contributed by atoms with E-state index in [0.717, 1.165) is 13.1 Å². The lowest BCUT2D eigenvalue weighted by Crippen LogP contribution is -2.08. The van der Waals surface area contributed by atoms with Gasteiger partial charge in [0.2, 0.25) is 0 Å². The molecule has 0 radical (unpaired) electrons. The Morgan fingerprint density at radius 1 is 1.43 bits per heavy atom. The van der Waals surface area contributed by atoms with E-state index in [9.17, 15) is 0 Å². The van der Waals surface area contributed by atoms with Crippen molar-refractivity contribution >= 4 is 0 Å². The second-order valence-electron chi connectivity index (χ2n) is 3.91. The third kappa shape index (κ3) is 1.64. The Labute approximate surface area is 84.6 Å². The monoisotopic (exact) mass is 186 g/mol. The summed E-state index contributed by atoms with van der Waals surface area (Å²) in [6.45, 7) is 3.85. The number of aryl methyl sites for hydroxylation is 1. The first-order valence-corrected chi connectivity index (χ1v) is 4.98. The van der Waals surface area contributed by atoms with Crippen molar-refractivity contribution in [1.29, 1.82) is 5.26 Å². The van der Waals surface area contributed by atoms with Crippen LogP contribution in [0.4, 0.5) is 0 Å². The van der Waals surface area contributed by atoms with Crippen LogP contribution in [0.5, 0.6) is 0 Å². The van der Waals surface area contributed by atoms with Gasteiger partial charge in [0, 0.05) is 19.0 Å². The molecule has 0 aliphatic carbocycles. The Morgan fingerprint density at radius 2 is 2.29 bits per heavy atom. The highest BCUT2D eigenvalue weighted by Gasteiger charge is 2.27. The zero-order valence-electron chi connectivity index (χ0n) is 8.33. The molecule has 1 N–H and O–H groups in total. The first-order chi connectivity index (χ1) is 6.81. The van der Waals surface area contributed by atoms with Gasteiger partial charge in [-0.15, -0.1) is 0 Å². The van der Waals surface area contributed by atoms with Crippen LogP contribution in [0.2, 0.25) is 0 Å². The summed E-state index contributed by atoms with van der Waals surface area (Å²) in [5.74, 6) is 0.511. The number of nitrogens with zero attached hydrogens (tertiary/aromatic N) is 1. The second kappa shape index (κ2) is 3.81. The highest BCUT2D eigenvalue weighted by Crippen LogP contribution is 2.27. The zero-order chi connectivity index (χ0) is 9.97. The van der Waals surface area contributed by atoms with Crippen molar-refractivity contribution in [1.82, 2.24) is 5.32 Å². The minimum atomic E-state index is 0.136. The molecule has 0 bridgehead atoms. The van der Waals surface area contributed by atoms with E-state index in [4.69, 9.17) is 5.26 Å². The van der Waals surface area contributed by atoms with Gasteiger partial charge in [-0.05, 0) is 12.5 Å². The van der Waals surface area contributed by atoms with Gasteiger partial charge in [0.15, 0.2) is 0 Å². The number of nitriles is 1. The molecule has 0 saturated carbocycles. The van der Waals surface area contributed by atoms with Crippen LogP contribution in [0, 0.1) is 24.2 Å². The fourth-order valence-electron chi connectivity index (χ4n) is 2.07. The molecule has 0 amide bonds. The van der Waals surface area contributed by atoms with E-state index in [1.165, 1.54) is 11.1 Å². The summed E-state index contributed by atoms with van der Waals surface area (Å²) in [5.41, 5.74) is 2.56.